The van der Waals surface area contributed by atoms with E-state index in [9.17, 15) is 0 Å². The summed E-state index contributed by atoms with van der Waals surface area (Å²) in [6.45, 7) is 0. The molecule has 0 saturated carbocycles. The third-order valence-electron chi connectivity index (χ3n) is 14.9. The molecule has 0 aliphatic rings. The van der Waals surface area contributed by atoms with E-state index in [1.54, 1.807) is 0 Å². The monoisotopic (exact) mass is 970 g/mol. The second-order valence-electron chi connectivity index (χ2n) is 19.5. The summed E-state index contributed by atoms with van der Waals surface area (Å²) < 4.78 is 4.72. The minimum absolute atomic E-state index is 1.02. The minimum Gasteiger partial charge on any atom is -0.356 e. The van der Waals surface area contributed by atoms with Crippen molar-refractivity contribution in [3.05, 3.63) is 291 Å². The number of benzene rings is 12. The van der Waals surface area contributed by atoms with Crippen LogP contribution in [-0.2, 0) is 0 Å². The van der Waals surface area contributed by atoms with Crippen LogP contribution in [0.5, 0.6) is 0 Å². The van der Waals surface area contributed by atoms with E-state index in [1.807, 2.05) is 0 Å². The molecule has 14 rings (SSSR count). The lowest BCUT2D eigenvalue weighted by Crippen LogP contribution is -1.98. The third kappa shape index (κ3) is 8.06. The van der Waals surface area contributed by atoms with Gasteiger partial charge in [0, 0.05) is 61.2 Å². The van der Waals surface area contributed by atoms with Crippen LogP contribution in [0.25, 0.3) is 111 Å². The fraction of sp³-hybridized carbons (Fsp3) is 0. The predicted molar refractivity (Wildman–Crippen MR) is 322 cm³/mol. The topological polar surface area (TPSA) is 33.9 Å². The number of fused-ring (bicyclic) bond motifs is 6. The van der Waals surface area contributed by atoms with Gasteiger partial charge in [-0.15, -0.1) is 0 Å². The zero-order valence-corrected chi connectivity index (χ0v) is 41.6. The van der Waals surface area contributed by atoms with Crippen molar-refractivity contribution in [1.29, 1.82) is 0 Å². The molecule has 0 unspecified atom stereocenters. The van der Waals surface area contributed by atoms with Crippen molar-refractivity contribution in [2.45, 2.75) is 0 Å². The summed E-state index contributed by atoms with van der Waals surface area (Å²) in [5.41, 5.74) is 22.9. The molecular weight excluding hydrogens is 921 g/mol. The van der Waals surface area contributed by atoms with Crippen LogP contribution in [0.4, 0.5) is 22.7 Å². The average Bonchev–Trinajstić information content (AvgIpc) is 4.02. The first kappa shape index (κ1) is 44.5. The Morgan fingerprint density at radius 1 is 0.224 bits per heavy atom. The molecule has 0 spiro atoms. The molecule has 2 heterocycles. The summed E-state index contributed by atoms with van der Waals surface area (Å²) in [6, 6.07) is 105. The van der Waals surface area contributed by atoms with Crippen molar-refractivity contribution >= 4 is 66.4 Å². The van der Waals surface area contributed by atoms with Crippen molar-refractivity contribution in [3.8, 4) is 67.0 Å². The lowest BCUT2D eigenvalue weighted by atomic mass is 9.86. The van der Waals surface area contributed by atoms with E-state index in [2.05, 4.69) is 311 Å². The number of nitrogens with zero attached hydrogens (tertiary/aromatic N) is 2. The van der Waals surface area contributed by atoms with E-state index in [1.165, 1.54) is 71.4 Å². The van der Waals surface area contributed by atoms with Gasteiger partial charge < -0.3 is 19.8 Å². The molecule has 4 heteroatoms. The molecule has 0 aliphatic heterocycles. The lowest BCUT2D eigenvalue weighted by molar-refractivity contribution is 1.18. The Labute approximate surface area is 442 Å². The highest BCUT2D eigenvalue weighted by Crippen LogP contribution is 2.46. The molecule has 14 aromatic rings. The summed E-state index contributed by atoms with van der Waals surface area (Å²) in [6.07, 6.45) is 0. The molecule has 0 bridgehead atoms. The molecule has 76 heavy (non-hydrogen) atoms. The van der Waals surface area contributed by atoms with Crippen molar-refractivity contribution in [1.82, 2.24) is 9.13 Å². The third-order valence-corrected chi connectivity index (χ3v) is 14.9. The van der Waals surface area contributed by atoms with Gasteiger partial charge in [-0.1, -0.05) is 188 Å². The first-order chi connectivity index (χ1) is 37.7. The molecule has 0 fully saturated rings. The molecule has 0 atom stereocenters. The fourth-order valence-electron chi connectivity index (χ4n) is 11.3. The predicted octanol–water partition coefficient (Wildman–Crippen LogP) is 19.7. The molecular formula is C72H50N4. The Bertz CT molecular complexity index is 4390. The molecule has 358 valence electrons. The summed E-state index contributed by atoms with van der Waals surface area (Å²) in [5, 5.41) is 12.5. The van der Waals surface area contributed by atoms with Crippen LogP contribution >= 0.6 is 0 Å². The molecule has 0 radical (unpaired) electrons. The number of anilines is 4. The van der Waals surface area contributed by atoms with Crippen molar-refractivity contribution in [2.75, 3.05) is 10.6 Å². The van der Waals surface area contributed by atoms with Gasteiger partial charge >= 0.3 is 0 Å². The summed E-state index contributed by atoms with van der Waals surface area (Å²) >= 11 is 0. The Balaban J connectivity index is 0.755. The van der Waals surface area contributed by atoms with Crippen LogP contribution in [0, 0.1) is 0 Å². The van der Waals surface area contributed by atoms with Gasteiger partial charge in [0.05, 0.1) is 22.1 Å². The number of hydrogen-bond donors (Lipinski definition) is 2. The van der Waals surface area contributed by atoms with Crippen LogP contribution in [0.3, 0.4) is 0 Å². The first-order valence-electron chi connectivity index (χ1n) is 26.0. The Morgan fingerprint density at radius 3 is 1.07 bits per heavy atom. The second kappa shape index (κ2) is 19.0. The highest BCUT2D eigenvalue weighted by molar-refractivity contribution is 6.12. The van der Waals surface area contributed by atoms with E-state index in [-0.39, 0.29) is 0 Å². The minimum atomic E-state index is 1.02. The highest BCUT2D eigenvalue weighted by Gasteiger charge is 2.20. The molecule has 0 saturated heterocycles. The maximum Gasteiger partial charge on any atom is 0.0541 e. The zero-order valence-electron chi connectivity index (χ0n) is 41.6. The Kier molecular flexibility index (Phi) is 11.2. The largest absolute Gasteiger partial charge is 0.356 e. The van der Waals surface area contributed by atoms with Crippen LogP contribution in [-0.4, -0.2) is 9.13 Å². The fourth-order valence-corrected chi connectivity index (χ4v) is 11.3. The average molecular weight is 971 g/mol. The van der Waals surface area contributed by atoms with Gasteiger partial charge in [0.15, 0.2) is 0 Å². The van der Waals surface area contributed by atoms with Crippen molar-refractivity contribution in [3.63, 3.8) is 0 Å². The van der Waals surface area contributed by atoms with Crippen LogP contribution < -0.4 is 10.6 Å². The van der Waals surface area contributed by atoms with Crippen LogP contribution in [0.2, 0.25) is 0 Å². The standard InChI is InChI=1S/C72H50N4/c1-5-17-52(18-6-1)71-61(51-33-41-57(42-34-51)73-56-37-29-49(30-38-56)54-35-45-69-64(47-54)62-25-13-15-27-67(62)75(69)59-21-9-3-10-22-59)43-44-66(72(71)53-19-7-2-8-20-53)74-58-39-31-50(32-40-58)55-36-46-70-65(48-55)63-26-14-16-28-68(63)76(70)60-23-11-4-12-24-60/h1-48,73-74H. The Morgan fingerprint density at radius 2 is 0.592 bits per heavy atom. The molecule has 4 nitrogen and oxygen atoms in total. The molecule has 2 aromatic heterocycles. The van der Waals surface area contributed by atoms with Crippen LogP contribution in [0.1, 0.15) is 0 Å². The van der Waals surface area contributed by atoms with Crippen LogP contribution in [0.15, 0.2) is 291 Å². The summed E-state index contributed by atoms with van der Waals surface area (Å²) in [7, 11) is 0. The van der Waals surface area contributed by atoms with Gasteiger partial charge in [-0.2, -0.15) is 0 Å². The number of aromatic nitrogens is 2. The van der Waals surface area contributed by atoms with Crippen molar-refractivity contribution < 1.29 is 0 Å². The SMILES string of the molecule is c1ccc(-c2c(Nc3ccc(-c4ccc5c(c4)c4ccccc4n5-c4ccccc4)cc3)ccc(-c3ccc(Nc4ccc(-c5ccc6c(c5)c5ccccc5n6-c5ccccc5)cc4)cc3)c2-c2ccccc2)cc1. The smallest absolute Gasteiger partial charge is 0.0541 e. The van der Waals surface area contributed by atoms with Gasteiger partial charge in [0.2, 0.25) is 0 Å². The zero-order chi connectivity index (χ0) is 50.4. The normalized spacial score (nSPS) is 11.4. The molecule has 2 N–H and O–H groups in total. The lowest BCUT2D eigenvalue weighted by Gasteiger charge is -2.21. The van der Waals surface area contributed by atoms with Gasteiger partial charge in [0.25, 0.3) is 0 Å². The van der Waals surface area contributed by atoms with Crippen molar-refractivity contribution in [2.24, 2.45) is 0 Å². The summed E-state index contributed by atoms with van der Waals surface area (Å²) in [5.74, 6) is 0. The first-order valence-corrected chi connectivity index (χ1v) is 26.0. The van der Waals surface area contributed by atoms with Gasteiger partial charge in [-0.25, -0.2) is 0 Å². The quantitative estimate of drug-likeness (QED) is 0.135. The second-order valence-corrected chi connectivity index (χ2v) is 19.5. The number of para-hydroxylation sites is 4. The molecule has 12 aromatic carbocycles. The van der Waals surface area contributed by atoms with E-state index in [0.29, 0.717) is 0 Å². The van der Waals surface area contributed by atoms with E-state index >= 15 is 0 Å². The van der Waals surface area contributed by atoms with E-state index in [4.69, 9.17) is 0 Å². The van der Waals surface area contributed by atoms with Gasteiger partial charge in [-0.05, 0) is 153 Å². The molecule has 0 aliphatic carbocycles. The number of rotatable bonds is 11. The van der Waals surface area contributed by atoms with E-state index in [0.717, 1.165) is 61.9 Å². The number of nitrogens with one attached hydrogen (secondary N) is 2. The molecule has 0 amide bonds. The highest BCUT2D eigenvalue weighted by atomic mass is 15.0. The maximum atomic E-state index is 3.87. The summed E-state index contributed by atoms with van der Waals surface area (Å²) in [4.78, 5) is 0. The Hall–Kier alpha value is -10.2. The van der Waals surface area contributed by atoms with Gasteiger partial charge in [0.1, 0.15) is 0 Å². The van der Waals surface area contributed by atoms with E-state index < -0.39 is 0 Å². The number of hydrogen-bond acceptors (Lipinski definition) is 2. The maximum absolute atomic E-state index is 3.87. The van der Waals surface area contributed by atoms with Gasteiger partial charge in [-0.3, -0.25) is 0 Å².